The van der Waals surface area contributed by atoms with E-state index in [0.717, 1.165) is 17.3 Å². The first-order valence-electron chi connectivity index (χ1n) is 9.48. The van der Waals surface area contributed by atoms with Crippen molar-refractivity contribution in [3.05, 3.63) is 76.7 Å². The van der Waals surface area contributed by atoms with Gasteiger partial charge in [0.15, 0.2) is 6.10 Å². The first-order chi connectivity index (χ1) is 15.1. The highest BCUT2D eigenvalue weighted by Crippen LogP contribution is 2.34. The Bertz CT molecular complexity index is 1070. The molecule has 1 N–H and O–H groups in total. The van der Waals surface area contributed by atoms with E-state index in [1.54, 1.807) is 25.3 Å². The van der Waals surface area contributed by atoms with Gasteiger partial charge in [-0.15, -0.1) is 0 Å². The number of carbonyl (C=O) groups excluding carboxylic acids is 1. The third-order valence-corrected chi connectivity index (χ3v) is 4.57. The lowest BCUT2D eigenvalue weighted by Crippen LogP contribution is -2.35. The first kappa shape index (κ1) is 23.3. The number of carbonyl (C=O) groups is 1. The van der Waals surface area contributed by atoms with E-state index in [-0.39, 0.29) is 22.6 Å². The number of amides is 1. The summed E-state index contributed by atoms with van der Waals surface area (Å²) in [5, 5.41) is 2.50. The van der Waals surface area contributed by atoms with Crippen LogP contribution in [0, 0.1) is 6.92 Å². The van der Waals surface area contributed by atoms with Crippen molar-refractivity contribution in [2.75, 3.05) is 0 Å². The van der Waals surface area contributed by atoms with Crippen LogP contribution in [-0.2, 0) is 17.5 Å². The van der Waals surface area contributed by atoms with Gasteiger partial charge < -0.3 is 14.8 Å². The Morgan fingerprint density at radius 2 is 1.78 bits per heavy atom. The SMILES string of the molecule is Cc1ccc(CNC(=O)C(C)Oc2ccc(Oc3ncc(C(F)(F)F)cc3Cl)cc2)cn1. The van der Waals surface area contributed by atoms with Crippen molar-refractivity contribution in [1.82, 2.24) is 15.3 Å². The molecule has 0 radical (unpaired) electrons. The number of halogens is 4. The molecule has 10 heteroatoms. The van der Waals surface area contributed by atoms with E-state index >= 15 is 0 Å². The Hall–Kier alpha value is -3.33. The van der Waals surface area contributed by atoms with Gasteiger partial charge in [0.25, 0.3) is 5.91 Å². The topological polar surface area (TPSA) is 73.3 Å². The largest absolute Gasteiger partial charge is 0.481 e. The number of nitrogens with zero attached hydrogens (tertiary/aromatic N) is 2. The molecular formula is C22H19ClF3N3O3. The number of benzene rings is 1. The lowest BCUT2D eigenvalue weighted by atomic mass is 10.2. The van der Waals surface area contributed by atoms with Crippen molar-refractivity contribution in [2.24, 2.45) is 0 Å². The molecule has 1 amide bonds. The maximum absolute atomic E-state index is 12.7. The molecule has 0 aliphatic heterocycles. The van der Waals surface area contributed by atoms with Gasteiger partial charge in [0, 0.05) is 24.6 Å². The number of rotatable bonds is 7. The fraction of sp³-hybridized carbons (Fsp3) is 0.227. The van der Waals surface area contributed by atoms with Crippen LogP contribution in [0.1, 0.15) is 23.7 Å². The summed E-state index contributed by atoms with van der Waals surface area (Å²) in [4.78, 5) is 20.0. The van der Waals surface area contributed by atoms with Gasteiger partial charge in [-0.3, -0.25) is 9.78 Å². The molecule has 6 nitrogen and oxygen atoms in total. The summed E-state index contributed by atoms with van der Waals surface area (Å²) in [7, 11) is 0. The van der Waals surface area contributed by atoms with Crippen LogP contribution < -0.4 is 14.8 Å². The maximum Gasteiger partial charge on any atom is 0.417 e. The normalized spacial score (nSPS) is 12.2. The van der Waals surface area contributed by atoms with Crippen molar-refractivity contribution in [3.63, 3.8) is 0 Å². The number of alkyl halides is 3. The van der Waals surface area contributed by atoms with Gasteiger partial charge in [-0.2, -0.15) is 13.2 Å². The predicted molar refractivity (Wildman–Crippen MR) is 112 cm³/mol. The summed E-state index contributed by atoms with van der Waals surface area (Å²) in [6.07, 6.45) is -2.97. The van der Waals surface area contributed by atoms with Crippen LogP contribution in [0.25, 0.3) is 0 Å². The minimum atomic E-state index is -4.55. The Morgan fingerprint density at radius 3 is 2.38 bits per heavy atom. The highest BCUT2D eigenvalue weighted by atomic mass is 35.5. The molecule has 0 fully saturated rings. The van der Waals surface area contributed by atoms with Crippen LogP contribution >= 0.6 is 11.6 Å². The summed E-state index contributed by atoms with van der Waals surface area (Å²) in [6.45, 7) is 3.82. The Kier molecular flexibility index (Phi) is 7.19. The van der Waals surface area contributed by atoms with E-state index in [9.17, 15) is 18.0 Å². The fourth-order valence-electron chi connectivity index (χ4n) is 2.55. The fourth-order valence-corrected chi connectivity index (χ4v) is 2.75. The van der Waals surface area contributed by atoms with E-state index in [1.165, 1.54) is 12.1 Å². The molecule has 0 saturated carbocycles. The monoisotopic (exact) mass is 465 g/mol. The van der Waals surface area contributed by atoms with Gasteiger partial charge in [0.2, 0.25) is 5.88 Å². The van der Waals surface area contributed by atoms with Gasteiger partial charge in [0.1, 0.15) is 16.5 Å². The number of nitrogens with one attached hydrogen (secondary N) is 1. The average Bonchev–Trinajstić information content (AvgIpc) is 2.75. The predicted octanol–water partition coefficient (Wildman–Crippen LogP) is 5.33. The second kappa shape index (κ2) is 9.86. The molecule has 1 aromatic carbocycles. The van der Waals surface area contributed by atoms with Gasteiger partial charge in [-0.1, -0.05) is 17.7 Å². The lowest BCUT2D eigenvalue weighted by Gasteiger charge is -2.15. The van der Waals surface area contributed by atoms with Crippen LogP contribution in [0.5, 0.6) is 17.4 Å². The minimum absolute atomic E-state index is 0.160. The Balaban J connectivity index is 1.55. The number of hydrogen-bond donors (Lipinski definition) is 1. The molecule has 32 heavy (non-hydrogen) atoms. The quantitative estimate of drug-likeness (QED) is 0.510. The van der Waals surface area contributed by atoms with Crippen molar-refractivity contribution in [1.29, 1.82) is 0 Å². The number of aromatic nitrogens is 2. The van der Waals surface area contributed by atoms with E-state index in [0.29, 0.717) is 18.5 Å². The summed E-state index contributed by atoms with van der Waals surface area (Å²) in [5.41, 5.74) is 0.790. The highest BCUT2D eigenvalue weighted by Gasteiger charge is 2.31. The number of pyridine rings is 2. The Morgan fingerprint density at radius 1 is 1.09 bits per heavy atom. The zero-order valence-electron chi connectivity index (χ0n) is 17.1. The molecule has 3 aromatic rings. The van der Waals surface area contributed by atoms with Crippen LogP contribution in [0.4, 0.5) is 13.2 Å². The van der Waals surface area contributed by atoms with Crippen molar-refractivity contribution >= 4 is 17.5 Å². The minimum Gasteiger partial charge on any atom is -0.481 e. The molecule has 2 aromatic heterocycles. The average molecular weight is 466 g/mol. The lowest BCUT2D eigenvalue weighted by molar-refractivity contribution is -0.137. The third kappa shape index (κ3) is 6.34. The zero-order valence-corrected chi connectivity index (χ0v) is 17.9. The van der Waals surface area contributed by atoms with Gasteiger partial charge in [-0.05, 0) is 55.8 Å². The number of hydrogen-bond acceptors (Lipinski definition) is 5. The molecule has 0 aliphatic rings. The molecule has 0 bridgehead atoms. The molecule has 168 valence electrons. The van der Waals surface area contributed by atoms with Crippen LogP contribution in [0.2, 0.25) is 5.02 Å². The standard InChI is InChI=1S/C22H19ClF3N3O3/c1-13-3-4-15(10-27-13)11-28-20(30)14(2)31-17-5-7-18(8-6-17)32-21-19(23)9-16(12-29-21)22(24,25)26/h3-10,12,14H,11H2,1-2H3,(H,28,30). The molecular weight excluding hydrogens is 447 g/mol. The molecule has 3 rings (SSSR count). The molecule has 2 heterocycles. The Labute approximate surface area is 187 Å². The van der Waals surface area contributed by atoms with Crippen molar-refractivity contribution < 1.29 is 27.4 Å². The van der Waals surface area contributed by atoms with Crippen LogP contribution in [-0.4, -0.2) is 22.0 Å². The smallest absolute Gasteiger partial charge is 0.417 e. The molecule has 1 unspecified atom stereocenters. The van der Waals surface area contributed by atoms with Gasteiger partial charge in [-0.25, -0.2) is 4.98 Å². The second-order valence-corrected chi connectivity index (χ2v) is 7.28. The number of ether oxygens (including phenoxy) is 2. The van der Waals surface area contributed by atoms with Crippen molar-refractivity contribution in [3.8, 4) is 17.4 Å². The van der Waals surface area contributed by atoms with E-state index < -0.39 is 17.8 Å². The second-order valence-electron chi connectivity index (χ2n) is 6.87. The van der Waals surface area contributed by atoms with Crippen LogP contribution in [0.15, 0.2) is 54.9 Å². The molecule has 0 spiro atoms. The van der Waals surface area contributed by atoms with Gasteiger partial charge in [0.05, 0.1) is 5.56 Å². The van der Waals surface area contributed by atoms with Crippen LogP contribution in [0.3, 0.4) is 0 Å². The zero-order chi connectivity index (χ0) is 23.3. The van der Waals surface area contributed by atoms with Crippen molar-refractivity contribution in [2.45, 2.75) is 32.7 Å². The highest BCUT2D eigenvalue weighted by molar-refractivity contribution is 6.31. The summed E-state index contributed by atoms with van der Waals surface area (Å²) in [5.74, 6) is 0.234. The first-order valence-corrected chi connectivity index (χ1v) is 9.86. The summed E-state index contributed by atoms with van der Waals surface area (Å²) in [6, 6.07) is 10.6. The number of aryl methyl sites for hydroxylation is 1. The van der Waals surface area contributed by atoms with E-state index in [2.05, 4.69) is 15.3 Å². The molecule has 0 saturated heterocycles. The third-order valence-electron chi connectivity index (χ3n) is 4.29. The molecule has 1 atom stereocenters. The van der Waals surface area contributed by atoms with Gasteiger partial charge >= 0.3 is 6.18 Å². The van der Waals surface area contributed by atoms with E-state index in [1.807, 2.05) is 19.1 Å². The summed E-state index contributed by atoms with van der Waals surface area (Å²) >= 11 is 5.84. The van der Waals surface area contributed by atoms with E-state index in [4.69, 9.17) is 21.1 Å². The maximum atomic E-state index is 12.7. The summed E-state index contributed by atoms with van der Waals surface area (Å²) < 4.78 is 49.1. The molecule has 0 aliphatic carbocycles.